The molecule has 4 aliphatic carbocycles. The van der Waals surface area contributed by atoms with E-state index in [9.17, 15) is 0 Å². The fraction of sp³-hybridized carbons (Fsp3) is 0.818. The van der Waals surface area contributed by atoms with E-state index in [1.54, 1.807) is 11.3 Å². The Morgan fingerprint density at radius 2 is 2.00 bits per heavy atom. The fourth-order valence-corrected chi connectivity index (χ4v) is 6.60. The summed E-state index contributed by atoms with van der Waals surface area (Å²) in [6, 6.07) is 1.86. The smallest absolute Gasteiger partial charge is 0.0686 e. The van der Waals surface area contributed by atoms with Crippen molar-refractivity contribution in [2.75, 3.05) is 6.54 Å². The Labute approximate surface area is 152 Å². The van der Waals surface area contributed by atoms with Crippen LogP contribution in [0.3, 0.4) is 0 Å². The SMILES string of the molecule is CCNC1CCC(N=C2CCC=NC3C4CCC5=C(CCC5)C243)CC1. The third-order valence-electron chi connectivity index (χ3n) is 7.69. The molecular formula is C22H33N3. The molecule has 136 valence electrons. The summed E-state index contributed by atoms with van der Waals surface area (Å²) in [5.74, 6) is 0.790. The van der Waals surface area contributed by atoms with Gasteiger partial charge in [0, 0.05) is 11.8 Å². The predicted molar refractivity (Wildman–Crippen MR) is 105 cm³/mol. The summed E-state index contributed by atoms with van der Waals surface area (Å²) in [6.07, 6.45) is 16.5. The van der Waals surface area contributed by atoms with Crippen LogP contribution in [0.5, 0.6) is 0 Å². The van der Waals surface area contributed by atoms with Crippen LogP contribution in [0.1, 0.15) is 77.6 Å². The number of rotatable bonds is 3. The van der Waals surface area contributed by atoms with Crippen molar-refractivity contribution in [3.8, 4) is 0 Å². The molecule has 1 heterocycles. The van der Waals surface area contributed by atoms with Gasteiger partial charge in [-0.05, 0) is 89.3 Å². The van der Waals surface area contributed by atoms with Crippen LogP contribution in [0.15, 0.2) is 21.1 Å². The van der Waals surface area contributed by atoms with Crippen molar-refractivity contribution in [3.05, 3.63) is 11.1 Å². The minimum absolute atomic E-state index is 0.301. The first-order chi connectivity index (χ1) is 12.3. The highest BCUT2D eigenvalue weighted by Gasteiger charge is 2.70. The van der Waals surface area contributed by atoms with Gasteiger partial charge in [-0.15, -0.1) is 0 Å². The molecule has 3 atom stereocenters. The maximum atomic E-state index is 5.48. The Kier molecular flexibility index (Phi) is 4.11. The molecule has 0 saturated heterocycles. The van der Waals surface area contributed by atoms with Crippen molar-refractivity contribution in [2.45, 2.75) is 95.7 Å². The summed E-state index contributed by atoms with van der Waals surface area (Å²) in [4.78, 5) is 10.5. The molecule has 1 aliphatic heterocycles. The maximum Gasteiger partial charge on any atom is 0.0686 e. The maximum absolute atomic E-state index is 5.48. The molecule has 3 unspecified atom stereocenters. The molecule has 0 aromatic rings. The number of nitrogens with one attached hydrogen (secondary N) is 1. The zero-order valence-corrected chi connectivity index (χ0v) is 15.8. The molecule has 3 nitrogen and oxygen atoms in total. The van der Waals surface area contributed by atoms with Crippen LogP contribution in [0.25, 0.3) is 0 Å². The van der Waals surface area contributed by atoms with Gasteiger partial charge in [-0.2, -0.15) is 0 Å². The normalized spacial score (nSPS) is 44.3. The standard InChI is InChI=1S/C22H33N3/c1-2-23-16-9-11-17(12-10-16)25-20-7-4-14-24-21-19-13-8-15-5-3-6-18(15)22(19,20)21/h14,16-17,19,21,23H,2-13H2,1H3. The minimum atomic E-state index is 0.301. The summed E-state index contributed by atoms with van der Waals surface area (Å²) in [5, 5.41) is 3.63. The highest BCUT2D eigenvalue weighted by Crippen LogP contribution is 2.69. The number of aliphatic imine (C=N–C) groups is 2. The Morgan fingerprint density at radius 3 is 2.84 bits per heavy atom. The first kappa shape index (κ1) is 16.2. The Morgan fingerprint density at radius 1 is 1.12 bits per heavy atom. The fourth-order valence-electron chi connectivity index (χ4n) is 6.60. The minimum Gasteiger partial charge on any atom is -0.314 e. The van der Waals surface area contributed by atoms with E-state index >= 15 is 0 Å². The zero-order valence-electron chi connectivity index (χ0n) is 15.8. The van der Waals surface area contributed by atoms with Gasteiger partial charge in [-0.3, -0.25) is 9.98 Å². The molecule has 2 fully saturated rings. The lowest BCUT2D eigenvalue weighted by molar-refractivity contribution is 0.347. The van der Waals surface area contributed by atoms with E-state index in [0.29, 0.717) is 17.5 Å². The summed E-state index contributed by atoms with van der Waals surface area (Å²) >= 11 is 0. The molecule has 0 amide bonds. The van der Waals surface area contributed by atoms with E-state index in [-0.39, 0.29) is 0 Å². The molecule has 3 heteroatoms. The van der Waals surface area contributed by atoms with Crippen LogP contribution in [-0.4, -0.2) is 36.6 Å². The molecule has 0 aromatic carbocycles. The molecule has 25 heavy (non-hydrogen) atoms. The van der Waals surface area contributed by atoms with Crippen molar-refractivity contribution in [1.82, 2.24) is 5.32 Å². The lowest BCUT2D eigenvalue weighted by atomic mass is 9.78. The van der Waals surface area contributed by atoms with Crippen molar-refractivity contribution in [1.29, 1.82) is 0 Å². The summed E-state index contributed by atoms with van der Waals surface area (Å²) in [6.45, 7) is 3.32. The highest BCUT2D eigenvalue weighted by molar-refractivity contribution is 6.00. The van der Waals surface area contributed by atoms with Crippen LogP contribution < -0.4 is 5.32 Å². The van der Waals surface area contributed by atoms with Crippen molar-refractivity contribution >= 4 is 11.9 Å². The highest BCUT2D eigenvalue weighted by atomic mass is 15.0. The van der Waals surface area contributed by atoms with Gasteiger partial charge in [0.25, 0.3) is 0 Å². The number of fused-ring (bicyclic) bond motifs is 1. The van der Waals surface area contributed by atoms with Crippen molar-refractivity contribution < 1.29 is 0 Å². The van der Waals surface area contributed by atoms with Gasteiger partial charge in [0.1, 0.15) is 0 Å². The van der Waals surface area contributed by atoms with Crippen LogP contribution in [0.2, 0.25) is 0 Å². The second kappa shape index (κ2) is 6.33. The molecule has 0 bridgehead atoms. The number of hydrogen-bond donors (Lipinski definition) is 1. The molecule has 5 rings (SSSR count). The molecule has 0 aromatic heterocycles. The molecule has 0 radical (unpaired) electrons. The van der Waals surface area contributed by atoms with Gasteiger partial charge in [-0.25, -0.2) is 0 Å². The quantitative estimate of drug-likeness (QED) is 0.757. The van der Waals surface area contributed by atoms with E-state index in [2.05, 4.69) is 18.5 Å². The van der Waals surface area contributed by atoms with E-state index < -0.39 is 0 Å². The predicted octanol–water partition coefficient (Wildman–Crippen LogP) is 4.47. The van der Waals surface area contributed by atoms with Crippen LogP contribution in [0.4, 0.5) is 0 Å². The van der Waals surface area contributed by atoms with Gasteiger partial charge in [-0.1, -0.05) is 18.1 Å². The molecular weight excluding hydrogens is 306 g/mol. The number of allylic oxidation sites excluding steroid dienone is 1. The Bertz CT molecular complexity index is 623. The molecule has 2 saturated carbocycles. The lowest BCUT2D eigenvalue weighted by Gasteiger charge is -2.31. The summed E-state index contributed by atoms with van der Waals surface area (Å²) in [5.41, 5.74) is 5.49. The van der Waals surface area contributed by atoms with Crippen LogP contribution in [-0.2, 0) is 0 Å². The Hall–Kier alpha value is -0.960. The zero-order chi connectivity index (χ0) is 16.9. The van der Waals surface area contributed by atoms with Crippen LogP contribution >= 0.6 is 0 Å². The van der Waals surface area contributed by atoms with Crippen molar-refractivity contribution in [2.24, 2.45) is 21.3 Å². The average molecular weight is 340 g/mol. The number of nitrogens with zero attached hydrogens (tertiary/aromatic N) is 2. The molecule has 1 N–H and O–H groups in total. The van der Waals surface area contributed by atoms with Gasteiger partial charge in [0.15, 0.2) is 0 Å². The summed E-state index contributed by atoms with van der Waals surface area (Å²) < 4.78 is 0. The third kappa shape index (κ3) is 2.49. The number of hydrogen-bond acceptors (Lipinski definition) is 3. The second-order valence-corrected chi connectivity index (χ2v) is 8.90. The van der Waals surface area contributed by atoms with E-state index in [4.69, 9.17) is 9.98 Å². The van der Waals surface area contributed by atoms with E-state index in [0.717, 1.165) is 24.9 Å². The van der Waals surface area contributed by atoms with Gasteiger partial charge < -0.3 is 5.32 Å². The van der Waals surface area contributed by atoms with E-state index in [1.807, 2.05) is 5.57 Å². The van der Waals surface area contributed by atoms with Gasteiger partial charge in [0.2, 0.25) is 0 Å². The molecule has 1 spiro atoms. The monoisotopic (exact) mass is 339 g/mol. The van der Waals surface area contributed by atoms with Gasteiger partial charge >= 0.3 is 0 Å². The first-order valence-corrected chi connectivity index (χ1v) is 10.9. The van der Waals surface area contributed by atoms with E-state index in [1.165, 1.54) is 64.2 Å². The summed E-state index contributed by atoms with van der Waals surface area (Å²) in [7, 11) is 0. The largest absolute Gasteiger partial charge is 0.314 e. The second-order valence-electron chi connectivity index (χ2n) is 8.90. The third-order valence-corrected chi connectivity index (χ3v) is 7.69. The van der Waals surface area contributed by atoms with Crippen LogP contribution in [0, 0.1) is 11.3 Å². The average Bonchev–Trinajstić information content (AvgIpc) is 3.09. The first-order valence-electron chi connectivity index (χ1n) is 10.9. The topological polar surface area (TPSA) is 36.8 Å². The molecule has 5 aliphatic rings. The van der Waals surface area contributed by atoms with Crippen molar-refractivity contribution in [3.63, 3.8) is 0 Å². The van der Waals surface area contributed by atoms with Gasteiger partial charge in [0.05, 0.1) is 17.5 Å². The lowest BCUT2D eigenvalue weighted by Crippen LogP contribution is -2.35. The Balaban J connectivity index is 1.42.